The lowest BCUT2D eigenvalue weighted by molar-refractivity contribution is 0.0699. The van der Waals surface area contributed by atoms with Crippen LogP contribution in [0.1, 0.15) is 23.3 Å². The van der Waals surface area contributed by atoms with Crippen LogP contribution in [0, 0.1) is 0 Å². The molecule has 0 aliphatic carbocycles. The molecule has 0 spiro atoms. The van der Waals surface area contributed by atoms with Gasteiger partial charge in [-0.15, -0.1) is 0 Å². The molecule has 1 aliphatic rings. The predicted molar refractivity (Wildman–Crippen MR) is 110 cm³/mol. The third kappa shape index (κ3) is 3.16. The lowest BCUT2D eigenvalue weighted by Crippen LogP contribution is -2.46. The Morgan fingerprint density at radius 1 is 1.10 bits per heavy atom. The van der Waals surface area contributed by atoms with Gasteiger partial charge >= 0.3 is 11.9 Å². The number of carbonyl (C=O) groups excluding carboxylic acids is 1. The Hall–Kier alpha value is -3.81. The van der Waals surface area contributed by atoms with Gasteiger partial charge in [-0.3, -0.25) is 9.20 Å². The summed E-state index contributed by atoms with van der Waals surface area (Å²) in [6.07, 6.45) is 3.33. The molecular formula is C22H20N4O4. The van der Waals surface area contributed by atoms with E-state index >= 15 is 0 Å². The van der Waals surface area contributed by atoms with Crippen LogP contribution in [-0.4, -0.2) is 50.5 Å². The molecule has 8 nitrogen and oxygen atoms in total. The van der Waals surface area contributed by atoms with Gasteiger partial charge in [0, 0.05) is 30.9 Å². The number of nitrogens with one attached hydrogen (secondary N) is 1. The van der Waals surface area contributed by atoms with E-state index < -0.39 is 6.09 Å². The van der Waals surface area contributed by atoms with E-state index in [1.807, 2.05) is 42.5 Å². The number of carboxylic acid groups (broad SMARTS) is 1. The van der Waals surface area contributed by atoms with E-state index in [1.54, 1.807) is 15.5 Å². The van der Waals surface area contributed by atoms with Crippen LogP contribution in [0.3, 0.4) is 0 Å². The van der Waals surface area contributed by atoms with E-state index in [9.17, 15) is 9.59 Å². The Bertz CT molecular complexity index is 1250. The largest absolute Gasteiger partial charge is 0.465 e. The summed E-state index contributed by atoms with van der Waals surface area (Å²) >= 11 is 0. The molecule has 0 atom stereocenters. The van der Waals surface area contributed by atoms with Crippen LogP contribution in [0.25, 0.3) is 27.9 Å². The molecular weight excluding hydrogens is 384 g/mol. The highest BCUT2D eigenvalue weighted by Crippen LogP contribution is 2.29. The first kappa shape index (κ1) is 18.2. The van der Waals surface area contributed by atoms with Crippen LogP contribution in [0.2, 0.25) is 0 Å². The number of nitrogens with zero attached hydrogens (tertiary/aromatic N) is 3. The van der Waals surface area contributed by atoms with Gasteiger partial charge in [-0.05, 0) is 29.7 Å². The molecule has 5 rings (SSSR count). The first-order valence-electron chi connectivity index (χ1n) is 9.83. The third-order valence-electron chi connectivity index (χ3n) is 5.60. The van der Waals surface area contributed by atoms with E-state index in [1.165, 1.54) is 6.26 Å². The molecule has 0 radical (unpaired) electrons. The summed E-state index contributed by atoms with van der Waals surface area (Å²) < 4.78 is 7.13. The molecule has 152 valence electrons. The lowest BCUT2D eigenvalue weighted by atomic mass is 10.0. The van der Waals surface area contributed by atoms with E-state index in [4.69, 9.17) is 9.52 Å². The molecule has 0 unspecified atom stereocenters. The quantitative estimate of drug-likeness (QED) is 0.543. The van der Waals surface area contributed by atoms with Gasteiger partial charge in [0.15, 0.2) is 0 Å². The number of oxazole rings is 1. The van der Waals surface area contributed by atoms with Crippen molar-refractivity contribution in [2.24, 2.45) is 0 Å². The molecule has 4 aromatic rings. The first-order chi connectivity index (χ1) is 14.6. The smallest absolute Gasteiger partial charge is 0.404 e. The zero-order valence-electron chi connectivity index (χ0n) is 16.1. The van der Waals surface area contributed by atoms with Crippen molar-refractivity contribution < 1.29 is 19.1 Å². The highest BCUT2D eigenvalue weighted by molar-refractivity contribution is 6.00. The minimum atomic E-state index is -1.03. The molecule has 2 aromatic heterocycles. The monoisotopic (exact) mass is 404 g/mol. The fourth-order valence-corrected chi connectivity index (χ4v) is 4.08. The van der Waals surface area contributed by atoms with Crippen molar-refractivity contribution in [1.29, 1.82) is 0 Å². The van der Waals surface area contributed by atoms with Crippen LogP contribution in [0.15, 0.2) is 59.3 Å². The standard InChI is InChI=1S/C22H20N4O4/c27-20(25-9-7-17(8-10-25)23-22(28)29)19-18(24-21-26(19)11-12-30-21)16-6-5-14-3-1-2-4-15(14)13-16/h1-6,11-13,17,23H,7-10H2,(H,28,29). The number of aromatic nitrogens is 2. The number of carbonyl (C=O) groups is 2. The molecule has 0 saturated carbocycles. The maximum atomic E-state index is 13.4. The summed E-state index contributed by atoms with van der Waals surface area (Å²) in [7, 11) is 0. The molecule has 1 saturated heterocycles. The average Bonchev–Trinajstić information content (AvgIpc) is 3.34. The molecule has 30 heavy (non-hydrogen) atoms. The number of rotatable bonds is 3. The van der Waals surface area contributed by atoms with Gasteiger partial charge in [-0.25, -0.2) is 4.79 Å². The minimum Gasteiger partial charge on any atom is -0.465 e. The summed E-state index contributed by atoms with van der Waals surface area (Å²) in [5.41, 5.74) is 1.88. The van der Waals surface area contributed by atoms with E-state index in [0.29, 0.717) is 43.2 Å². The van der Waals surface area contributed by atoms with Crippen LogP contribution < -0.4 is 5.32 Å². The first-order valence-corrected chi connectivity index (χ1v) is 9.83. The van der Waals surface area contributed by atoms with E-state index in [-0.39, 0.29) is 11.9 Å². The molecule has 1 aliphatic heterocycles. The molecule has 1 fully saturated rings. The molecule has 0 bridgehead atoms. The Morgan fingerprint density at radius 2 is 1.87 bits per heavy atom. The van der Waals surface area contributed by atoms with Gasteiger partial charge in [0.2, 0.25) is 0 Å². The van der Waals surface area contributed by atoms with Crippen molar-refractivity contribution in [3.05, 3.63) is 60.6 Å². The van der Waals surface area contributed by atoms with Crippen molar-refractivity contribution in [2.45, 2.75) is 18.9 Å². The van der Waals surface area contributed by atoms with Crippen molar-refractivity contribution in [3.63, 3.8) is 0 Å². The molecule has 2 aromatic carbocycles. The maximum absolute atomic E-state index is 13.4. The molecule has 8 heteroatoms. The number of benzene rings is 2. The third-order valence-corrected chi connectivity index (χ3v) is 5.60. The van der Waals surface area contributed by atoms with Gasteiger partial charge < -0.3 is 19.7 Å². The summed E-state index contributed by atoms with van der Waals surface area (Å²) in [5.74, 6) is 0.227. The maximum Gasteiger partial charge on any atom is 0.404 e. The second-order valence-corrected chi connectivity index (χ2v) is 7.44. The van der Waals surface area contributed by atoms with Gasteiger partial charge in [0.25, 0.3) is 5.91 Å². The van der Waals surface area contributed by atoms with Gasteiger partial charge in [0.1, 0.15) is 17.7 Å². The summed E-state index contributed by atoms with van der Waals surface area (Å²) in [6, 6.07) is 13.9. The van der Waals surface area contributed by atoms with Crippen molar-refractivity contribution in [2.75, 3.05) is 13.1 Å². The van der Waals surface area contributed by atoms with Crippen LogP contribution >= 0.6 is 0 Å². The molecule has 2 N–H and O–H groups in total. The Morgan fingerprint density at radius 3 is 2.63 bits per heavy atom. The van der Waals surface area contributed by atoms with Crippen molar-refractivity contribution >= 4 is 28.6 Å². The second-order valence-electron chi connectivity index (χ2n) is 7.44. The number of imidazole rings is 1. The number of likely N-dealkylation sites (tertiary alicyclic amines) is 1. The second kappa shape index (κ2) is 7.22. The van der Waals surface area contributed by atoms with Crippen LogP contribution in [0.4, 0.5) is 4.79 Å². The minimum absolute atomic E-state index is 0.133. The zero-order chi connectivity index (χ0) is 20.7. The molecule has 2 amide bonds. The number of hydrogen-bond acceptors (Lipinski definition) is 4. The number of piperidine rings is 1. The SMILES string of the molecule is O=C(O)NC1CCN(C(=O)c2c(-c3ccc4ccccc4c3)nc3occn23)CC1. The Kier molecular flexibility index (Phi) is 4.39. The number of amides is 2. The van der Waals surface area contributed by atoms with Crippen LogP contribution in [-0.2, 0) is 0 Å². The zero-order valence-corrected chi connectivity index (χ0v) is 16.1. The topological polar surface area (TPSA) is 100 Å². The average molecular weight is 404 g/mol. The predicted octanol–water partition coefficient (Wildman–Crippen LogP) is 3.62. The molecule has 3 heterocycles. The van der Waals surface area contributed by atoms with E-state index in [2.05, 4.69) is 10.3 Å². The normalized spacial score (nSPS) is 15.0. The van der Waals surface area contributed by atoms with Crippen molar-refractivity contribution in [3.8, 4) is 11.3 Å². The number of fused-ring (bicyclic) bond motifs is 2. The van der Waals surface area contributed by atoms with Crippen LogP contribution in [0.5, 0.6) is 0 Å². The highest BCUT2D eigenvalue weighted by Gasteiger charge is 2.30. The lowest BCUT2D eigenvalue weighted by Gasteiger charge is -2.31. The number of hydrogen-bond donors (Lipinski definition) is 2. The van der Waals surface area contributed by atoms with Crippen molar-refractivity contribution in [1.82, 2.24) is 19.6 Å². The fraction of sp³-hybridized carbons (Fsp3) is 0.227. The summed E-state index contributed by atoms with van der Waals surface area (Å²) in [4.78, 5) is 30.6. The van der Waals surface area contributed by atoms with Gasteiger partial charge in [-0.2, -0.15) is 4.98 Å². The van der Waals surface area contributed by atoms with E-state index in [0.717, 1.165) is 16.3 Å². The summed E-state index contributed by atoms with van der Waals surface area (Å²) in [5, 5.41) is 13.6. The van der Waals surface area contributed by atoms with Gasteiger partial charge in [0.05, 0.1) is 0 Å². The van der Waals surface area contributed by atoms with Gasteiger partial charge in [-0.1, -0.05) is 36.4 Å². The Labute approximate surface area is 171 Å². The highest BCUT2D eigenvalue weighted by atomic mass is 16.4. The summed E-state index contributed by atoms with van der Waals surface area (Å²) in [6.45, 7) is 0.956. The fourth-order valence-electron chi connectivity index (χ4n) is 4.08. The Balaban J connectivity index is 1.50.